The zero-order valence-electron chi connectivity index (χ0n) is 9.72. The van der Waals surface area contributed by atoms with Crippen molar-refractivity contribution >= 4 is 29.9 Å². The molecular formula is C11H16ClN3O3. The molecule has 0 heterocycles. The van der Waals surface area contributed by atoms with Gasteiger partial charge < -0.3 is 21.5 Å². The first-order valence-corrected chi connectivity index (χ1v) is 5.13. The molecule has 0 saturated carbocycles. The second-order valence-corrected chi connectivity index (χ2v) is 3.37. The number of amides is 2. The van der Waals surface area contributed by atoms with Crippen LogP contribution >= 0.6 is 12.4 Å². The Morgan fingerprint density at radius 2 is 1.83 bits per heavy atom. The number of nitrogens with one attached hydrogen (secondary N) is 1. The standard InChI is InChI=1S/C11H15N3O3.ClH/c12-6-5-11(16)14-8-1-3-9(4-2-8)17-7-10(13)15;/h1-4H,5-7,12H2,(H2,13,15)(H,14,16);1H. The molecule has 0 radical (unpaired) electrons. The molecule has 0 aromatic heterocycles. The van der Waals surface area contributed by atoms with Gasteiger partial charge in [-0.3, -0.25) is 9.59 Å². The number of carbonyl (C=O) groups excluding carboxylic acids is 2. The molecule has 18 heavy (non-hydrogen) atoms. The van der Waals surface area contributed by atoms with E-state index in [1.54, 1.807) is 24.3 Å². The Bertz CT molecular complexity index is 395. The number of anilines is 1. The van der Waals surface area contributed by atoms with Crippen LogP contribution in [0.2, 0.25) is 0 Å². The van der Waals surface area contributed by atoms with Crippen molar-refractivity contribution in [3.05, 3.63) is 24.3 Å². The Kier molecular flexibility index (Phi) is 7.50. The summed E-state index contributed by atoms with van der Waals surface area (Å²) in [7, 11) is 0. The number of benzene rings is 1. The number of ether oxygens (including phenoxy) is 1. The minimum absolute atomic E-state index is 0. The summed E-state index contributed by atoms with van der Waals surface area (Å²) in [6.07, 6.45) is 0.278. The first kappa shape index (κ1) is 16.2. The quantitative estimate of drug-likeness (QED) is 0.691. The minimum atomic E-state index is -0.537. The van der Waals surface area contributed by atoms with Gasteiger partial charge in [-0.05, 0) is 24.3 Å². The van der Waals surface area contributed by atoms with Crippen LogP contribution in [-0.4, -0.2) is 25.0 Å². The monoisotopic (exact) mass is 273 g/mol. The highest BCUT2D eigenvalue weighted by atomic mass is 35.5. The van der Waals surface area contributed by atoms with Gasteiger partial charge in [-0.25, -0.2) is 0 Å². The van der Waals surface area contributed by atoms with E-state index in [1.807, 2.05) is 0 Å². The Labute approximate surface area is 111 Å². The summed E-state index contributed by atoms with van der Waals surface area (Å²) in [5.74, 6) is -0.163. The highest BCUT2D eigenvalue weighted by Gasteiger charge is 2.01. The van der Waals surface area contributed by atoms with Crippen molar-refractivity contribution in [2.24, 2.45) is 11.5 Å². The summed E-state index contributed by atoms with van der Waals surface area (Å²) in [6, 6.07) is 6.62. The molecule has 0 aliphatic heterocycles. The lowest BCUT2D eigenvalue weighted by Crippen LogP contribution is -2.20. The van der Waals surface area contributed by atoms with E-state index >= 15 is 0 Å². The summed E-state index contributed by atoms with van der Waals surface area (Å²) in [6.45, 7) is 0.143. The molecule has 0 aliphatic carbocycles. The fraction of sp³-hybridized carbons (Fsp3) is 0.273. The van der Waals surface area contributed by atoms with Crippen molar-refractivity contribution < 1.29 is 14.3 Å². The lowest BCUT2D eigenvalue weighted by molar-refractivity contribution is -0.120. The Hall–Kier alpha value is -1.79. The molecule has 100 valence electrons. The van der Waals surface area contributed by atoms with E-state index in [1.165, 1.54) is 0 Å². The Morgan fingerprint density at radius 3 is 2.33 bits per heavy atom. The molecule has 1 rings (SSSR count). The fourth-order valence-corrected chi connectivity index (χ4v) is 1.14. The first-order valence-electron chi connectivity index (χ1n) is 5.13. The third kappa shape index (κ3) is 6.07. The van der Waals surface area contributed by atoms with E-state index < -0.39 is 5.91 Å². The van der Waals surface area contributed by atoms with Crippen molar-refractivity contribution in [1.29, 1.82) is 0 Å². The summed E-state index contributed by atoms with van der Waals surface area (Å²) in [5, 5.41) is 2.67. The lowest BCUT2D eigenvalue weighted by atomic mass is 10.3. The van der Waals surface area contributed by atoms with Crippen molar-refractivity contribution in [2.45, 2.75) is 6.42 Å². The van der Waals surface area contributed by atoms with Gasteiger partial charge in [0.1, 0.15) is 5.75 Å². The summed E-state index contributed by atoms with van der Waals surface area (Å²) < 4.78 is 5.07. The average molecular weight is 274 g/mol. The number of nitrogens with two attached hydrogens (primary N) is 2. The Balaban J connectivity index is 0.00000289. The summed E-state index contributed by atoms with van der Waals surface area (Å²) >= 11 is 0. The van der Waals surface area contributed by atoms with Gasteiger partial charge in [-0.15, -0.1) is 12.4 Å². The largest absolute Gasteiger partial charge is 0.484 e. The molecule has 1 aromatic carbocycles. The molecule has 0 bridgehead atoms. The van der Waals surface area contributed by atoms with Gasteiger partial charge in [-0.1, -0.05) is 0 Å². The summed E-state index contributed by atoms with van der Waals surface area (Å²) in [4.78, 5) is 21.7. The number of primary amides is 1. The molecule has 0 spiro atoms. The van der Waals surface area contributed by atoms with Gasteiger partial charge in [0.15, 0.2) is 6.61 Å². The van der Waals surface area contributed by atoms with Crippen LogP contribution in [0.25, 0.3) is 0 Å². The van der Waals surface area contributed by atoms with Crippen LogP contribution < -0.4 is 21.5 Å². The maximum atomic E-state index is 11.2. The third-order valence-corrected chi connectivity index (χ3v) is 1.89. The highest BCUT2D eigenvalue weighted by Crippen LogP contribution is 2.15. The summed E-state index contributed by atoms with van der Waals surface area (Å²) in [5.41, 5.74) is 10.8. The zero-order valence-corrected chi connectivity index (χ0v) is 10.5. The maximum absolute atomic E-state index is 11.2. The van der Waals surface area contributed by atoms with Gasteiger partial charge >= 0.3 is 0 Å². The van der Waals surface area contributed by atoms with Gasteiger partial charge in [0.25, 0.3) is 5.91 Å². The fourth-order valence-electron chi connectivity index (χ4n) is 1.14. The molecule has 7 heteroatoms. The SMILES string of the molecule is Cl.NCCC(=O)Nc1ccc(OCC(N)=O)cc1. The molecule has 0 saturated heterocycles. The topological polar surface area (TPSA) is 107 Å². The molecule has 0 aliphatic rings. The minimum Gasteiger partial charge on any atom is -0.484 e. The van der Waals surface area contributed by atoms with E-state index in [4.69, 9.17) is 16.2 Å². The van der Waals surface area contributed by atoms with Gasteiger partial charge in [0, 0.05) is 18.7 Å². The molecule has 0 atom stereocenters. The van der Waals surface area contributed by atoms with Crippen LogP contribution in [0.15, 0.2) is 24.3 Å². The number of hydrogen-bond acceptors (Lipinski definition) is 4. The number of carbonyl (C=O) groups is 2. The van der Waals surface area contributed by atoms with Crippen molar-refractivity contribution in [3.8, 4) is 5.75 Å². The highest BCUT2D eigenvalue weighted by molar-refractivity contribution is 5.90. The molecule has 1 aromatic rings. The number of hydrogen-bond donors (Lipinski definition) is 3. The molecule has 2 amide bonds. The predicted octanol–water partition coefficient (Wildman–Crippen LogP) is 0.260. The zero-order chi connectivity index (χ0) is 12.7. The third-order valence-electron chi connectivity index (χ3n) is 1.89. The van der Waals surface area contributed by atoms with E-state index in [-0.39, 0.29) is 31.3 Å². The van der Waals surface area contributed by atoms with E-state index in [0.717, 1.165) is 0 Å². The first-order chi connectivity index (χ1) is 8.11. The van der Waals surface area contributed by atoms with E-state index in [9.17, 15) is 9.59 Å². The smallest absolute Gasteiger partial charge is 0.255 e. The maximum Gasteiger partial charge on any atom is 0.255 e. The van der Waals surface area contributed by atoms with Gasteiger partial charge in [-0.2, -0.15) is 0 Å². The van der Waals surface area contributed by atoms with Crippen molar-refractivity contribution in [1.82, 2.24) is 0 Å². The normalized spacial score (nSPS) is 9.17. The second kappa shape index (κ2) is 8.32. The van der Waals surface area contributed by atoms with Crippen LogP contribution in [0.1, 0.15) is 6.42 Å². The van der Waals surface area contributed by atoms with E-state index in [0.29, 0.717) is 18.0 Å². The second-order valence-electron chi connectivity index (χ2n) is 3.37. The molecule has 0 unspecified atom stereocenters. The van der Waals surface area contributed by atoms with Crippen molar-refractivity contribution in [2.75, 3.05) is 18.5 Å². The molecule has 0 fully saturated rings. The van der Waals surface area contributed by atoms with Crippen LogP contribution in [0.3, 0.4) is 0 Å². The molecular weight excluding hydrogens is 258 g/mol. The van der Waals surface area contributed by atoms with Crippen LogP contribution in [-0.2, 0) is 9.59 Å². The van der Waals surface area contributed by atoms with Crippen LogP contribution in [0.4, 0.5) is 5.69 Å². The van der Waals surface area contributed by atoms with E-state index in [2.05, 4.69) is 5.32 Å². The number of rotatable bonds is 6. The Morgan fingerprint density at radius 1 is 1.22 bits per heavy atom. The molecule has 5 N–H and O–H groups in total. The van der Waals surface area contributed by atoms with Crippen LogP contribution in [0, 0.1) is 0 Å². The van der Waals surface area contributed by atoms with Gasteiger partial charge in [0.05, 0.1) is 0 Å². The average Bonchev–Trinajstić information content (AvgIpc) is 2.28. The molecule has 6 nitrogen and oxygen atoms in total. The van der Waals surface area contributed by atoms with Gasteiger partial charge in [0.2, 0.25) is 5.91 Å². The van der Waals surface area contributed by atoms with Crippen LogP contribution in [0.5, 0.6) is 5.75 Å². The number of halogens is 1. The lowest BCUT2D eigenvalue weighted by Gasteiger charge is -2.06. The predicted molar refractivity (Wildman–Crippen MR) is 70.7 cm³/mol. The van der Waals surface area contributed by atoms with Crippen molar-refractivity contribution in [3.63, 3.8) is 0 Å².